The van der Waals surface area contributed by atoms with Gasteiger partial charge in [0.05, 0.1) is 21.4 Å². The van der Waals surface area contributed by atoms with E-state index >= 15 is 0 Å². The third kappa shape index (κ3) is 8.74. The highest BCUT2D eigenvalue weighted by atomic mass is 32.2. The number of nitrogens with zero attached hydrogens (tertiary/aromatic N) is 2. The summed E-state index contributed by atoms with van der Waals surface area (Å²) in [6.45, 7) is 1.92. The summed E-state index contributed by atoms with van der Waals surface area (Å²) < 4.78 is 0. The van der Waals surface area contributed by atoms with E-state index in [-0.39, 0.29) is 22.9 Å². The van der Waals surface area contributed by atoms with Gasteiger partial charge in [-0.25, -0.2) is 4.98 Å². The summed E-state index contributed by atoms with van der Waals surface area (Å²) in [7, 11) is 0. The molecule has 3 N–H and O–H groups in total. The molecule has 0 saturated heterocycles. The maximum Gasteiger partial charge on any atom is 0.276 e. The Labute approximate surface area is 301 Å². The molecule has 5 aromatic carbocycles. The predicted molar refractivity (Wildman–Crippen MR) is 204 cm³/mol. The number of aromatic nitrogens is 1. The van der Waals surface area contributed by atoms with Crippen molar-refractivity contribution < 1.29 is 19.3 Å². The van der Waals surface area contributed by atoms with Crippen LogP contribution in [0, 0.1) is 10.1 Å². The summed E-state index contributed by atoms with van der Waals surface area (Å²) in [6, 6.07) is 35.5. The van der Waals surface area contributed by atoms with Crippen molar-refractivity contribution in [1.29, 1.82) is 0 Å². The lowest BCUT2D eigenvalue weighted by Gasteiger charge is -2.15. The number of hydrogen-bond acceptors (Lipinski definition) is 8. The molecule has 0 bridgehead atoms. The van der Waals surface area contributed by atoms with E-state index in [2.05, 4.69) is 45.2 Å². The second-order valence-electron chi connectivity index (χ2n) is 11.3. The van der Waals surface area contributed by atoms with Gasteiger partial charge in [-0.1, -0.05) is 79.7 Å². The molecule has 10 nitrogen and oxygen atoms in total. The van der Waals surface area contributed by atoms with Crippen LogP contribution < -0.4 is 16.0 Å². The third-order valence-corrected chi connectivity index (χ3v) is 9.89. The highest BCUT2D eigenvalue weighted by Crippen LogP contribution is 2.31. The first-order valence-electron chi connectivity index (χ1n) is 15.9. The molecule has 1 aromatic heterocycles. The SMILES string of the molecule is CCC(Sc1cccc(NC(=O)/C(=C\c2ccccc2[N+](=O)[O-])NC(=O)c2ccccc2)c1)C(=O)Nc1nc(-c2ccc3ccccc3c2)cs1. The van der Waals surface area contributed by atoms with Crippen molar-refractivity contribution in [3.63, 3.8) is 0 Å². The van der Waals surface area contributed by atoms with Crippen LogP contribution in [-0.2, 0) is 9.59 Å². The number of para-hydroxylation sites is 1. The fourth-order valence-corrected chi connectivity index (χ4v) is 6.94. The van der Waals surface area contributed by atoms with Gasteiger partial charge in [0.25, 0.3) is 17.5 Å². The van der Waals surface area contributed by atoms with Gasteiger partial charge in [-0.05, 0) is 65.7 Å². The molecule has 6 rings (SSSR count). The van der Waals surface area contributed by atoms with Crippen molar-refractivity contribution in [3.05, 3.63) is 154 Å². The van der Waals surface area contributed by atoms with Crippen molar-refractivity contribution in [3.8, 4) is 11.3 Å². The number of carbonyl (C=O) groups is 3. The van der Waals surface area contributed by atoms with E-state index in [1.54, 1.807) is 54.6 Å². The summed E-state index contributed by atoms with van der Waals surface area (Å²) in [6.07, 6.45) is 1.80. The first-order chi connectivity index (χ1) is 24.8. The molecule has 0 radical (unpaired) electrons. The molecule has 0 aliphatic carbocycles. The number of benzene rings is 5. The molecule has 1 heterocycles. The lowest BCUT2D eigenvalue weighted by atomic mass is 10.1. The first-order valence-corrected chi connectivity index (χ1v) is 17.7. The van der Waals surface area contributed by atoms with E-state index in [9.17, 15) is 24.5 Å². The Kier molecular flexibility index (Phi) is 10.9. The zero-order valence-electron chi connectivity index (χ0n) is 27.2. The van der Waals surface area contributed by atoms with Crippen LogP contribution in [-0.4, -0.2) is 32.9 Å². The van der Waals surface area contributed by atoms with Gasteiger partial charge in [-0.3, -0.25) is 24.5 Å². The van der Waals surface area contributed by atoms with Gasteiger partial charge in [0.1, 0.15) is 5.70 Å². The normalized spacial score (nSPS) is 11.8. The standard InChI is InChI=1S/C39H31N5O5S2/c1-2-35(38(47)43-39-42-33(24-50-39)28-20-19-25-11-6-7-14-27(25)21-28)51-31-17-10-16-30(23-31)40-37(46)32(41-36(45)26-12-4-3-5-13-26)22-29-15-8-9-18-34(29)44(48)49/h3-24,35H,2H2,1H3,(H,40,46)(H,41,45)(H,42,43,47)/b32-22+. The molecule has 0 aliphatic rings. The minimum absolute atomic E-state index is 0.145. The van der Waals surface area contributed by atoms with Gasteiger partial charge in [-0.2, -0.15) is 0 Å². The van der Waals surface area contributed by atoms with E-state index < -0.39 is 22.0 Å². The van der Waals surface area contributed by atoms with Crippen LogP contribution in [0.15, 0.2) is 137 Å². The zero-order valence-corrected chi connectivity index (χ0v) is 28.9. The quantitative estimate of drug-likeness (QED) is 0.0498. The minimum atomic E-state index is -0.685. The van der Waals surface area contributed by atoms with Crippen LogP contribution in [0.3, 0.4) is 0 Å². The number of anilines is 2. The molecule has 0 spiro atoms. The van der Waals surface area contributed by atoms with Crippen molar-refractivity contribution in [2.24, 2.45) is 0 Å². The number of thioether (sulfide) groups is 1. The number of fused-ring (bicyclic) bond motifs is 1. The number of nitro groups is 1. The maximum absolute atomic E-state index is 13.6. The average Bonchev–Trinajstić information content (AvgIpc) is 3.62. The van der Waals surface area contributed by atoms with Crippen LogP contribution in [0.1, 0.15) is 29.3 Å². The monoisotopic (exact) mass is 713 g/mol. The largest absolute Gasteiger partial charge is 0.321 e. The second kappa shape index (κ2) is 16.1. The van der Waals surface area contributed by atoms with Crippen LogP contribution in [0.25, 0.3) is 28.1 Å². The lowest BCUT2D eigenvalue weighted by Crippen LogP contribution is -2.30. The number of thiazole rings is 1. The molecule has 0 fully saturated rings. The van der Waals surface area contributed by atoms with Crippen LogP contribution >= 0.6 is 23.1 Å². The minimum Gasteiger partial charge on any atom is -0.321 e. The Morgan fingerprint density at radius 3 is 2.39 bits per heavy atom. The summed E-state index contributed by atoms with van der Waals surface area (Å²) in [5.74, 6) is -1.44. The highest BCUT2D eigenvalue weighted by Gasteiger charge is 2.21. The Hall–Kier alpha value is -6.11. The number of hydrogen-bond donors (Lipinski definition) is 3. The molecular formula is C39H31N5O5S2. The van der Waals surface area contributed by atoms with Crippen molar-refractivity contribution in [2.45, 2.75) is 23.5 Å². The van der Waals surface area contributed by atoms with Crippen molar-refractivity contribution >= 4 is 74.2 Å². The van der Waals surface area contributed by atoms with Gasteiger partial charge in [0, 0.05) is 33.2 Å². The molecular weight excluding hydrogens is 683 g/mol. The summed E-state index contributed by atoms with van der Waals surface area (Å²) in [4.78, 5) is 56.5. The number of rotatable bonds is 12. The Balaban J connectivity index is 1.15. The van der Waals surface area contributed by atoms with Gasteiger partial charge in [0.15, 0.2) is 5.13 Å². The third-order valence-electron chi connectivity index (χ3n) is 7.78. The van der Waals surface area contributed by atoms with Crippen molar-refractivity contribution in [2.75, 3.05) is 10.6 Å². The van der Waals surface area contributed by atoms with E-state index in [0.717, 1.165) is 26.9 Å². The highest BCUT2D eigenvalue weighted by molar-refractivity contribution is 8.00. The summed E-state index contributed by atoms with van der Waals surface area (Å²) in [5, 5.41) is 24.2. The molecule has 51 heavy (non-hydrogen) atoms. The molecule has 1 unspecified atom stereocenters. The van der Waals surface area contributed by atoms with Crippen LogP contribution in [0.4, 0.5) is 16.5 Å². The Bertz CT molecular complexity index is 2270. The summed E-state index contributed by atoms with van der Waals surface area (Å²) >= 11 is 2.70. The molecule has 0 aliphatic heterocycles. The maximum atomic E-state index is 13.6. The molecule has 1 atom stereocenters. The van der Waals surface area contributed by atoms with E-state index in [0.29, 0.717) is 22.8 Å². The Morgan fingerprint density at radius 1 is 0.863 bits per heavy atom. The number of carbonyl (C=O) groups excluding carboxylic acids is 3. The molecule has 0 saturated carbocycles. The van der Waals surface area contributed by atoms with Gasteiger partial charge >= 0.3 is 0 Å². The number of nitrogens with one attached hydrogen (secondary N) is 3. The van der Waals surface area contributed by atoms with Crippen LogP contribution in [0.5, 0.6) is 0 Å². The fourth-order valence-electron chi connectivity index (χ4n) is 5.20. The van der Waals surface area contributed by atoms with Gasteiger partial charge < -0.3 is 16.0 Å². The van der Waals surface area contributed by atoms with Gasteiger partial charge in [-0.15, -0.1) is 23.1 Å². The van der Waals surface area contributed by atoms with Gasteiger partial charge in [0.2, 0.25) is 5.91 Å². The van der Waals surface area contributed by atoms with Crippen molar-refractivity contribution in [1.82, 2.24) is 10.3 Å². The molecule has 12 heteroatoms. The number of amides is 3. The van der Waals surface area contributed by atoms with E-state index in [1.807, 2.05) is 36.6 Å². The zero-order chi connectivity index (χ0) is 35.7. The van der Waals surface area contributed by atoms with E-state index in [1.165, 1.54) is 47.4 Å². The lowest BCUT2D eigenvalue weighted by molar-refractivity contribution is -0.385. The number of nitro benzene ring substituents is 1. The first kappa shape index (κ1) is 34.7. The molecule has 3 amide bonds. The smallest absolute Gasteiger partial charge is 0.276 e. The molecule has 6 aromatic rings. The second-order valence-corrected chi connectivity index (χ2v) is 13.4. The average molecular weight is 714 g/mol. The predicted octanol–water partition coefficient (Wildman–Crippen LogP) is 8.79. The Morgan fingerprint density at radius 2 is 1.61 bits per heavy atom. The topological polar surface area (TPSA) is 143 Å². The van der Waals surface area contributed by atoms with Crippen LogP contribution in [0.2, 0.25) is 0 Å². The molecule has 254 valence electrons. The van der Waals surface area contributed by atoms with E-state index in [4.69, 9.17) is 0 Å². The fraction of sp³-hybridized carbons (Fsp3) is 0.0769. The summed E-state index contributed by atoms with van der Waals surface area (Å²) in [5.41, 5.74) is 2.19.